The molecule has 68 heavy (non-hydrogen) atoms. The standard InChI is InChI=1S/C47H48F3N11O6S/c48-31-11-16-60(27-31)68(65,66)56-40-6-4-37(49)43(36(40)23-51)67-33-2-5-39-35(22-33)45(64)61(28-54-39)32-24-52-46(53-25-32)47(12-13-47)59-19-17-57(18-20-59)26-29-9-14-58(15-10-29)41-7-1-30(21-38(41)50)34-3-8-42(62)55-44(34)63/h1-2,4-7,21-22,24-25,28-29,31,34,56H,3,8-20,26-27H2,(H,55,62,63)/t31-,34?/m1/s1. The molecule has 10 rings (SSSR count). The summed E-state index contributed by atoms with van der Waals surface area (Å²) < 4.78 is 80.4. The lowest BCUT2D eigenvalue weighted by molar-refractivity contribution is -0.134. The van der Waals surface area contributed by atoms with Crippen LogP contribution in [0.1, 0.15) is 67.8 Å². The van der Waals surface area contributed by atoms with Crippen molar-refractivity contribution in [1.82, 2.24) is 38.9 Å². The topological polar surface area (TPSA) is 199 Å². The number of nitriles is 1. The van der Waals surface area contributed by atoms with Crippen LogP contribution in [-0.2, 0) is 25.3 Å². The fourth-order valence-electron chi connectivity index (χ4n) is 10.0. The molecule has 3 aromatic carbocycles. The first-order valence-electron chi connectivity index (χ1n) is 22.8. The molecule has 4 saturated heterocycles. The van der Waals surface area contributed by atoms with Crippen molar-refractivity contribution in [3.05, 3.63) is 106 Å². The number of anilines is 2. The van der Waals surface area contributed by atoms with Crippen molar-refractivity contribution in [3.63, 3.8) is 0 Å². The Balaban J connectivity index is 0.753. The zero-order valence-corrected chi connectivity index (χ0v) is 37.7. The zero-order valence-electron chi connectivity index (χ0n) is 36.9. The summed E-state index contributed by atoms with van der Waals surface area (Å²) in [7, 11) is -4.25. The minimum atomic E-state index is -4.25. The molecule has 2 aromatic heterocycles. The van der Waals surface area contributed by atoms with Gasteiger partial charge >= 0.3 is 10.2 Å². The highest BCUT2D eigenvalue weighted by Gasteiger charge is 2.52. The third-order valence-electron chi connectivity index (χ3n) is 14.0. The number of alkyl halides is 1. The third-order valence-corrected chi connectivity index (χ3v) is 15.5. The van der Waals surface area contributed by atoms with Gasteiger partial charge in [-0.2, -0.15) is 18.0 Å². The first-order valence-corrected chi connectivity index (χ1v) is 24.2. The molecular weight excluding hydrogens is 904 g/mol. The van der Waals surface area contributed by atoms with Crippen LogP contribution >= 0.6 is 0 Å². The number of benzene rings is 3. The Labute approximate surface area is 389 Å². The second-order valence-electron chi connectivity index (χ2n) is 18.2. The Morgan fingerprint density at radius 3 is 2.32 bits per heavy atom. The SMILES string of the molecule is N#Cc1c(NS(=O)(=O)N2CC[C@@H](F)C2)ccc(F)c1Oc1ccc2ncn(-c3cnc(C4(N5CCN(CC6CCN(c7ccc(C8CCC(=O)NC8=O)cc7F)CC6)CC5)CC4)nc3)c(=O)c2c1. The lowest BCUT2D eigenvalue weighted by Gasteiger charge is -2.41. The van der Waals surface area contributed by atoms with E-state index in [2.05, 4.69) is 29.7 Å². The number of fused-ring (bicyclic) bond motifs is 1. The van der Waals surface area contributed by atoms with Crippen LogP contribution in [0.3, 0.4) is 0 Å². The second-order valence-corrected chi connectivity index (χ2v) is 19.9. The van der Waals surface area contributed by atoms with Gasteiger partial charge in [0, 0.05) is 65.3 Å². The number of halogens is 3. The van der Waals surface area contributed by atoms with E-state index in [1.165, 1.54) is 35.2 Å². The largest absolute Gasteiger partial charge is 0.453 e. The number of piperazine rings is 1. The first-order chi connectivity index (χ1) is 32.8. The van der Waals surface area contributed by atoms with Crippen molar-refractivity contribution >= 4 is 44.3 Å². The fourth-order valence-corrected chi connectivity index (χ4v) is 11.3. The number of rotatable bonds is 12. The molecule has 0 bridgehead atoms. The van der Waals surface area contributed by atoms with E-state index in [0.29, 0.717) is 40.6 Å². The normalized spacial score (nSPS) is 21.7. The number of nitrogens with zero attached hydrogens (tertiary/aromatic N) is 9. The Hall–Kier alpha value is -6.47. The van der Waals surface area contributed by atoms with Crippen molar-refractivity contribution in [2.45, 2.75) is 62.6 Å². The molecule has 354 valence electrons. The van der Waals surface area contributed by atoms with Gasteiger partial charge in [-0.05, 0) is 92.5 Å². The number of nitrogens with one attached hydrogen (secondary N) is 2. The fraction of sp³-hybridized carbons (Fsp3) is 0.426. The Bertz CT molecular complexity index is 3010. The van der Waals surface area contributed by atoms with E-state index >= 15 is 8.78 Å². The maximum atomic E-state index is 15.3. The monoisotopic (exact) mass is 951 g/mol. The van der Waals surface area contributed by atoms with Crippen molar-refractivity contribution in [2.24, 2.45) is 5.92 Å². The summed E-state index contributed by atoms with van der Waals surface area (Å²) in [4.78, 5) is 58.8. The van der Waals surface area contributed by atoms with Crippen LogP contribution in [0.25, 0.3) is 16.6 Å². The highest BCUT2D eigenvalue weighted by atomic mass is 32.2. The number of carbonyl (C=O) groups is 2. The predicted molar refractivity (Wildman–Crippen MR) is 243 cm³/mol. The summed E-state index contributed by atoms with van der Waals surface area (Å²) in [6.07, 6.45) is 7.62. The molecule has 0 radical (unpaired) electrons. The van der Waals surface area contributed by atoms with E-state index in [1.54, 1.807) is 30.6 Å². The van der Waals surface area contributed by atoms with Gasteiger partial charge in [-0.1, -0.05) is 6.07 Å². The van der Waals surface area contributed by atoms with Crippen molar-refractivity contribution in [3.8, 4) is 23.3 Å². The quantitative estimate of drug-likeness (QED) is 0.161. The molecule has 1 unspecified atom stereocenters. The molecule has 1 aliphatic carbocycles. The lowest BCUT2D eigenvalue weighted by Crippen LogP contribution is -2.52. The predicted octanol–water partition coefficient (Wildman–Crippen LogP) is 4.86. The van der Waals surface area contributed by atoms with Crippen molar-refractivity contribution < 1.29 is 35.9 Å². The van der Waals surface area contributed by atoms with E-state index in [4.69, 9.17) is 14.7 Å². The molecule has 17 nitrogen and oxygen atoms in total. The van der Waals surface area contributed by atoms with Gasteiger partial charge in [0.1, 0.15) is 41.5 Å². The van der Waals surface area contributed by atoms with E-state index in [0.717, 1.165) is 87.9 Å². The summed E-state index contributed by atoms with van der Waals surface area (Å²) in [5, 5.41) is 12.4. The minimum Gasteiger partial charge on any atom is -0.453 e. The zero-order chi connectivity index (χ0) is 47.3. The number of hydrogen-bond donors (Lipinski definition) is 2. The molecule has 5 aliphatic rings. The molecular formula is C47H48F3N11O6S. The molecule has 2 N–H and O–H groups in total. The van der Waals surface area contributed by atoms with Gasteiger partial charge in [0.2, 0.25) is 11.8 Å². The van der Waals surface area contributed by atoms with Crippen LogP contribution in [0.5, 0.6) is 11.5 Å². The molecule has 2 amide bonds. The Morgan fingerprint density at radius 1 is 0.882 bits per heavy atom. The van der Waals surface area contributed by atoms with E-state index in [9.17, 15) is 32.5 Å². The van der Waals surface area contributed by atoms with Crippen LogP contribution in [-0.4, -0.2) is 119 Å². The molecule has 0 spiro atoms. The van der Waals surface area contributed by atoms with Gasteiger partial charge in [0.05, 0.1) is 51.8 Å². The molecule has 21 heteroatoms. The van der Waals surface area contributed by atoms with Gasteiger partial charge in [0.15, 0.2) is 11.6 Å². The van der Waals surface area contributed by atoms with E-state index in [-0.39, 0.29) is 65.9 Å². The number of imide groups is 1. The average Bonchev–Trinajstić information content (AvgIpc) is 4.02. The number of amides is 2. The summed E-state index contributed by atoms with van der Waals surface area (Å²) in [5.74, 6) is -1.89. The van der Waals surface area contributed by atoms with Crippen LogP contribution in [0.4, 0.5) is 24.5 Å². The van der Waals surface area contributed by atoms with E-state index < -0.39 is 45.0 Å². The van der Waals surface area contributed by atoms with Crippen LogP contribution in [0.15, 0.2) is 72.0 Å². The highest BCUT2D eigenvalue weighted by Crippen LogP contribution is 2.50. The number of ether oxygens (including phenoxy) is 1. The number of hydrogen-bond acceptors (Lipinski definition) is 13. The minimum absolute atomic E-state index is 0.0125. The summed E-state index contributed by atoms with van der Waals surface area (Å²) in [6, 6.07) is 13.1. The number of piperidine rings is 2. The van der Waals surface area contributed by atoms with Crippen LogP contribution in [0, 0.1) is 28.9 Å². The third kappa shape index (κ3) is 8.88. The van der Waals surface area contributed by atoms with E-state index in [1.807, 2.05) is 0 Å². The summed E-state index contributed by atoms with van der Waals surface area (Å²) in [5.41, 5.74) is 0.376. The molecule has 5 fully saturated rings. The summed E-state index contributed by atoms with van der Waals surface area (Å²) >= 11 is 0. The summed E-state index contributed by atoms with van der Waals surface area (Å²) in [6.45, 7) is 5.57. The van der Waals surface area contributed by atoms with Gasteiger partial charge < -0.3 is 14.5 Å². The smallest absolute Gasteiger partial charge is 0.301 e. The van der Waals surface area contributed by atoms with Crippen molar-refractivity contribution in [1.29, 1.82) is 5.26 Å². The Morgan fingerprint density at radius 2 is 1.65 bits per heavy atom. The maximum Gasteiger partial charge on any atom is 0.301 e. The van der Waals surface area contributed by atoms with Crippen LogP contribution in [0.2, 0.25) is 0 Å². The molecule has 5 aromatic rings. The Kier molecular flexibility index (Phi) is 12.1. The van der Waals surface area contributed by atoms with Gasteiger partial charge in [-0.25, -0.2) is 28.1 Å². The maximum absolute atomic E-state index is 15.3. The molecule has 1 saturated carbocycles. The van der Waals surface area contributed by atoms with Gasteiger partial charge in [0.25, 0.3) is 5.56 Å². The molecule has 4 aliphatic heterocycles. The molecule has 2 atom stereocenters. The van der Waals surface area contributed by atoms with Crippen molar-refractivity contribution in [2.75, 3.05) is 68.5 Å². The van der Waals surface area contributed by atoms with Gasteiger partial charge in [-0.3, -0.25) is 33.9 Å². The van der Waals surface area contributed by atoms with Gasteiger partial charge in [-0.15, -0.1) is 0 Å². The molecule has 6 heterocycles. The average molecular weight is 952 g/mol. The highest BCUT2D eigenvalue weighted by molar-refractivity contribution is 7.90. The lowest BCUT2D eigenvalue weighted by atomic mass is 9.90. The second kappa shape index (κ2) is 18.2. The first kappa shape index (κ1) is 45.3. The van der Waals surface area contributed by atoms with Crippen LogP contribution < -0.4 is 25.2 Å². The number of carbonyl (C=O) groups excluding carboxylic acids is 2. The number of aromatic nitrogens is 4.